The second-order valence-corrected chi connectivity index (χ2v) is 7.68. The molecule has 1 N–H and O–H groups in total. The number of hydrogen-bond acceptors (Lipinski definition) is 5. The van der Waals surface area contributed by atoms with Gasteiger partial charge in [0.25, 0.3) is 0 Å². The molecule has 1 amide bonds. The third kappa shape index (κ3) is 4.82. The Bertz CT molecular complexity index is 760. The minimum atomic E-state index is -0.622. The number of nitrogens with one attached hydrogen (secondary N) is 1. The number of thiophene rings is 1. The molecule has 25 heavy (non-hydrogen) atoms. The minimum absolute atomic E-state index is 0.258. The quantitative estimate of drug-likeness (QED) is 0.756. The molecule has 0 saturated carbocycles. The van der Waals surface area contributed by atoms with Crippen LogP contribution in [0.25, 0.3) is 11.1 Å². The molecule has 1 heterocycles. The predicted molar refractivity (Wildman–Crippen MR) is 100 cm³/mol. The van der Waals surface area contributed by atoms with Crippen molar-refractivity contribution in [3.8, 4) is 11.1 Å². The average Bonchev–Trinajstić information content (AvgIpc) is 2.82. The van der Waals surface area contributed by atoms with Crippen molar-refractivity contribution >= 4 is 28.4 Å². The van der Waals surface area contributed by atoms with E-state index in [9.17, 15) is 9.59 Å². The standard InChI is InChI=1S/C19H23NO4S/c1-6-23-17(21)15-14(13-10-8-7-9-11-13)12(2)25-16(15)20-18(22)24-19(3,4)5/h7-11H,6H2,1-5H3,(H,20,22). The number of carbonyl (C=O) groups excluding carboxylic acids is 2. The first kappa shape index (κ1) is 19.0. The van der Waals surface area contributed by atoms with E-state index in [0.29, 0.717) is 10.6 Å². The van der Waals surface area contributed by atoms with Gasteiger partial charge in [-0.25, -0.2) is 9.59 Å². The molecule has 0 spiro atoms. The lowest BCUT2D eigenvalue weighted by molar-refractivity contribution is 0.0529. The Hall–Kier alpha value is -2.34. The molecule has 0 aliphatic heterocycles. The molecule has 0 aliphatic rings. The molecule has 0 atom stereocenters. The van der Waals surface area contributed by atoms with Crippen molar-refractivity contribution < 1.29 is 19.1 Å². The van der Waals surface area contributed by atoms with E-state index in [1.165, 1.54) is 11.3 Å². The Morgan fingerprint density at radius 1 is 1.16 bits per heavy atom. The van der Waals surface area contributed by atoms with Gasteiger partial charge in [-0.3, -0.25) is 5.32 Å². The Morgan fingerprint density at radius 2 is 1.80 bits per heavy atom. The summed E-state index contributed by atoms with van der Waals surface area (Å²) in [6.07, 6.45) is -0.598. The second-order valence-electron chi connectivity index (χ2n) is 6.45. The summed E-state index contributed by atoms with van der Waals surface area (Å²) in [6, 6.07) is 9.57. The van der Waals surface area contributed by atoms with Crippen LogP contribution in [0.5, 0.6) is 0 Å². The average molecular weight is 361 g/mol. The van der Waals surface area contributed by atoms with E-state index in [1.807, 2.05) is 37.3 Å². The number of benzene rings is 1. The van der Waals surface area contributed by atoms with Crippen molar-refractivity contribution in [1.29, 1.82) is 0 Å². The molecule has 0 aliphatic carbocycles. The highest BCUT2D eigenvalue weighted by atomic mass is 32.1. The van der Waals surface area contributed by atoms with Crippen molar-refractivity contribution in [2.24, 2.45) is 0 Å². The molecule has 5 nitrogen and oxygen atoms in total. The van der Waals surface area contributed by atoms with Crippen LogP contribution in [0, 0.1) is 6.92 Å². The number of esters is 1. The lowest BCUT2D eigenvalue weighted by Crippen LogP contribution is -2.27. The summed E-state index contributed by atoms with van der Waals surface area (Å²) in [5, 5.41) is 3.13. The van der Waals surface area contributed by atoms with E-state index in [4.69, 9.17) is 9.47 Å². The van der Waals surface area contributed by atoms with Crippen LogP contribution in [0.2, 0.25) is 0 Å². The normalized spacial score (nSPS) is 11.1. The number of rotatable bonds is 4. The summed E-state index contributed by atoms with van der Waals surface area (Å²) >= 11 is 1.33. The first-order valence-corrected chi connectivity index (χ1v) is 8.90. The molecule has 1 aromatic carbocycles. The van der Waals surface area contributed by atoms with Crippen molar-refractivity contribution in [1.82, 2.24) is 0 Å². The Balaban J connectivity index is 2.46. The maximum absolute atomic E-state index is 12.5. The second kappa shape index (κ2) is 7.70. The fraction of sp³-hybridized carbons (Fsp3) is 0.368. The summed E-state index contributed by atoms with van der Waals surface area (Å²) in [4.78, 5) is 25.6. The molecule has 2 aromatic rings. The molecule has 0 radical (unpaired) electrons. The number of aryl methyl sites for hydroxylation is 1. The Morgan fingerprint density at radius 3 is 2.36 bits per heavy atom. The highest BCUT2D eigenvalue weighted by Gasteiger charge is 2.26. The van der Waals surface area contributed by atoms with E-state index in [-0.39, 0.29) is 6.61 Å². The molecule has 0 saturated heterocycles. The van der Waals surface area contributed by atoms with Crippen molar-refractivity contribution in [2.45, 2.75) is 40.2 Å². The SMILES string of the molecule is CCOC(=O)c1c(NC(=O)OC(C)(C)C)sc(C)c1-c1ccccc1. The topological polar surface area (TPSA) is 64.6 Å². The van der Waals surface area contributed by atoms with Gasteiger partial charge in [0.2, 0.25) is 0 Å². The monoisotopic (exact) mass is 361 g/mol. The number of anilines is 1. The van der Waals surface area contributed by atoms with Gasteiger partial charge in [-0.2, -0.15) is 0 Å². The lowest BCUT2D eigenvalue weighted by atomic mass is 10.0. The zero-order valence-corrected chi connectivity index (χ0v) is 16.0. The number of hydrogen-bond donors (Lipinski definition) is 1. The third-order valence-corrected chi connectivity index (χ3v) is 4.26. The highest BCUT2D eigenvalue weighted by molar-refractivity contribution is 7.17. The molecule has 1 aromatic heterocycles. The van der Waals surface area contributed by atoms with Gasteiger partial charge in [-0.15, -0.1) is 11.3 Å². The van der Waals surface area contributed by atoms with Gasteiger partial charge in [0.05, 0.1) is 6.61 Å². The van der Waals surface area contributed by atoms with Crippen LogP contribution in [0.1, 0.15) is 42.9 Å². The molecule has 6 heteroatoms. The molecule has 134 valence electrons. The van der Waals surface area contributed by atoms with Crippen molar-refractivity contribution in [3.05, 3.63) is 40.8 Å². The minimum Gasteiger partial charge on any atom is -0.462 e. The van der Waals surface area contributed by atoms with Crippen molar-refractivity contribution in [2.75, 3.05) is 11.9 Å². The Labute approximate surface area is 152 Å². The smallest absolute Gasteiger partial charge is 0.412 e. The van der Waals surface area contributed by atoms with Crippen molar-refractivity contribution in [3.63, 3.8) is 0 Å². The van der Waals surface area contributed by atoms with Gasteiger partial charge < -0.3 is 9.47 Å². The summed E-state index contributed by atoms with van der Waals surface area (Å²) in [5.74, 6) is -0.461. The predicted octanol–water partition coefficient (Wildman–Crippen LogP) is 5.25. The molecular formula is C19H23NO4S. The summed E-state index contributed by atoms with van der Waals surface area (Å²) in [5.41, 5.74) is 1.41. The number of ether oxygens (including phenoxy) is 2. The van der Waals surface area contributed by atoms with Crippen LogP contribution in [-0.4, -0.2) is 24.3 Å². The largest absolute Gasteiger partial charge is 0.462 e. The maximum atomic E-state index is 12.5. The van der Waals surface area contributed by atoms with Gasteiger partial charge in [-0.1, -0.05) is 30.3 Å². The molecule has 0 bridgehead atoms. The van der Waals surface area contributed by atoms with Gasteiger partial charge in [-0.05, 0) is 40.2 Å². The summed E-state index contributed by atoms with van der Waals surface area (Å²) < 4.78 is 10.5. The van der Waals surface area contributed by atoms with Crippen LogP contribution in [0.3, 0.4) is 0 Å². The summed E-state index contributed by atoms with van der Waals surface area (Å²) in [6.45, 7) is 9.28. The van der Waals surface area contributed by atoms with Crippen LogP contribution >= 0.6 is 11.3 Å². The van der Waals surface area contributed by atoms with Gasteiger partial charge >= 0.3 is 12.1 Å². The number of carbonyl (C=O) groups is 2. The molecule has 2 rings (SSSR count). The zero-order valence-electron chi connectivity index (χ0n) is 15.1. The molecular weight excluding hydrogens is 338 g/mol. The summed E-state index contributed by atoms with van der Waals surface area (Å²) in [7, 11) is 0. The molecule has 0 fully saturated rings. The fourth-order valence-corrected chi connectivity index (χ4v) is 3.43. The zero-order chi connectivity index (χ0) is 18.6. The van der Waals surface area contributed by atoms with E-state index < -0.39 is 17.7 Å². The highest BCUT2D eigenvalue weighted by Crippen LogP contribution is 2.40. The first-order valence-electron chi connectivity index (χ1n) is 8.09. The van der Waals surface area contributed by atoms with Crippen LogP contribution in [-0.2, 0) is 9.47 Å². The number of amides is 1. The maximum Gasteiger partial charge on any atom is 0.412 e. The lowest BCUT2D eigenvalue weighted by Gasteiger charge is -2.19. The van der Waals surface area contributed by atoms with E-state index in [1.54, 1.807) is 27.7 Å². The Kier molecular flexibility index (Phi) is 5.85. The van der Waals surface area contributed by atoms with Gasteiger partial charge in [0.15, 0.2) is 0 Å². The van der Waals surface area contributed by atoms with Gasteiger partial charge in [0, 0.05) is 10.4 Å². The van der Waals surface area contributed by atoms with E-state index in [0.717, 1.165) is 16.0 Å². The van der Waals surface area contributed by atoms with E-state index >= 15 is 0 Å². The van der Waals surface area contributed by atoms with Crippen LogP contribution in [0.15, 0.2) is 30.3 Å². The van der Waals surface area contributed by atoms with E-state index in [2.05, 4.69) is 5.32 Å². The third-order valence-electron chi connectivity index (χ3n) is 3.24. The fourth-order valence-electron chi connectivity index (χ4n) is 2.38. The van der Waals surface area contributed by atoms with Crippen LogP contribution < -0.4 is 5.32 Å². The van der Waals surface area contributed by atoms with Crippen LogP contribution in [0.4, 0.5) is 9.80 Å². The first-order chi connectivity index (χ1) is 11.7. The van der Waals surface area contributed by atoms with Gasteiger partial charge in [0.1, 0.15) is 16.2 Å². The molecule has 0 unspecified atom stereocenters.